The largest absolute Gasteiger partial charge is 0.369 e. The van der Waals surface area contributed by atoms with Crippen LogP contribution < -0.4 is 11.5 Å². The minimum Gasteiger partial charge on any atom is -0.369 e. The summed E-state index contributed by atoms with van der Waals surface area (Å²) < 4.78 is 0. The van der Waals surface area contributed by atoms with Crippen LogP contribution in [0.4, 0.5) is 0 Å². The monoisotopic (exact) mass is 227 g/mol. The Morgan fingerprint density at radius 2 is 1.94 bits per heavy atom. The standard InChI is InChI=1S/C12H25N3O/c1-12(2,9-13)5-8-15-6-3-10(4-7-15)11(14)16/h10H,3-9,13H2,1-2H3,(H2,14,16). The summed E-state index contributed by atoms with van der Waals surface area (Å²) in [6.45, 7) is 8.19. The minimum absolute atomic E-state index is 0.0961. The molecule has 1 aliphatic heterocycles. The van der Waals surface area contributed by atoms with Gasteiger partial charge in [-0.3, -0.25) is 4.79 Å². The molecular formula is C12H25N3O. The molecule has 4 heteroatoms. The van der Waals surface area contributed by atoms with Crippen molar-refractivity contribution in [1.82, 2.24) is 4.90 Å². The molecule has 16 heavy (non-hydrogen) atoms. The number of amides is 1. The highest BCUT2D eigenvalue weighted by Crippen LogP contribution is 2.21. The quantitative estimate of drug-likeness (QED) is 0.721. The van der Waals surface area contributed by atoms with Gasteiger partial charge in [-0.2, -0.15) is 0 Å². The van der Waals surface area contributed by atoms with Gasteiger partial charge in [0.15, 0.2) is 0 Å². The Morgan fingerprint density at radius 3 is 2.38 bits per heavy atom. The van der Waals surface area contributed by atoms with Crippen LogP contribution in [-0.2, 0) is 4.79 Å². The maximum atomic E-state index is 11.0. The van der Waals surface area contributed by atoms with Crippen molar-refractivity contribution in [2.45, 2.75) is 33.1 Å². The van der Waals surface area contributed by atoms with Crippen LogP contribution in [0.1, 0.15) is 33.1 Å². The van der Waals surface area contributed by atoms with Crippen LogP contribution in [0.25, 0.3) is 0 Å². The van der Waals surface area contributed by atoms with Gasteiger partial charge in [0, 0.05) is 5.92 Å². The van der Waals surface area contributed by atoms with E-state index in [4.69, 9.17) is 11.5 Å². The topological polar surface area (TPSA) is 72.3 Å². The van der Waals surface area contributed by atoms with Gasteiger partial charge in [-0.1, -0.05) is 13.8 Å². The van der Waals surface area contributed by atoms with Gasteiger partial charge in [-0.25, -0.2) is 0 Å². The Kier molecular flexibility index (Phi) is 4.74. The van der Waals surface area contributed by atoms with Crippen LogP contribution in [0.2, 0.25) is 0 Å². The van der Waals surface area contributed by atoms with E-state index in [-0.39, 0.29) is 17.2 Å². The lowest BCUT2D eigenvalue weighted by Crippen LogP contribution is -2.40. The van der Waals surface area contributed by atoms with Crippen molar-refractivity contribution in [2.24, 2.45) is 22.8 Å². The summed E-state index contributed by atoms with van der Waals surface area (Å²) >= 11 is 0. The fourth-order valence-corrected chi connectivity index (χ4v) is 2.00. The molecule has 94 valence electrons. The van der Waals surface area contributed by atoms with Crippen LogP contribution in [0.5, 0.6) is 0 Å². The highest BCUT2D eigenvalue weighted by molar-refractivity contribution is 5.76. The fourth-order valence-electron chi connectivity index (χ4n) is 2.00. The highest BCUT2D eigenvalue weighted by atomic mass is 16.1. The van der Waals surface area contributed by atoms with Crippen LogP contribution in [0, 0.1) is 11.3 Å². The third-order valence-electron chi connectivity index (χ3n) is 3.65. The lowest BCUT2D eigenvalue weighted by Gasteiger charge is -2.33. The van der Waals surface area contributed by atoms with E-state index in [2.05, 4.69) is 18.7 Å². The predicted octanol–water partition coefficient (Wildman–Crippen LogP) is 0.559. The normalized spacial score (nSPS) is 19.9. The molecule has 0 unspecified atom stereocenters. The second-order valence-corrected chi connectivity index (χ2v) is 5.64. The molecule has 4 nitrogen and oxygen atoms in total. The molecule has 0 aromatic heterocycles. The molecule has 1 aliphatic rings. The Morgan fingerprint density at radius 1 is 1.38 bits per heavy atom. The molecule has 0 aromatic carbocycles. The van der Waals surface area contributed by atoms with Crippen LogP contribution in [0.3, 0.4) is 0 Å². The summed E-state index contributed by atoms with van der Waals surface area (Å²) in [5.41, 5.74) is 11.2. The highest BCUT2D eigenvalue weighted by Gasteiger charge is 2.24. The van der Waals surface area contributed by atoms with Crippen LogP contribution in [-0.4, -0.2) is 37.0 Å². The van der Waals surface area contributed by atoms with Gasteiger partial charge in [0.05, 0.1) is 0 Å². The molecule has 1 saturated heterocycles. The Hall–Kier alpha value is -0.610. The summed E-state index contributed by atoms with van der Waals surface area (Å²) in [6, 6.07) is 0. The number of primary amides is 1. The number of nitrogens with zero attached hydrogens (tertiary/aromatic N) is 1. The SMILES string of the molecule is CC(C)(CN)CCN1CCC(C(N)=O)CC1. The molecule has 0 saturated carbocycles. The first-order valence-electron chi connectivity index (χ1n) is 6.16. The molecule has 0 aliphatic carbocycles. The number of hydrogen-bond donors (Lipinski definition) is 2. The average molecular weight is 227 g/mol. The maximum Gasteiger partial charge on any atom is 0.220 e. The van der Waals surface area contributed by atoms with Crippen molar-refractivity contribution in [3.05, 3.63) is 0 Å². The number of rotatable bonds is 5. The van der Waals surface area contributed by atoms with Gasteiger partial charge in [-0.05, 0) is 50.9 Å². The first-order chi connectivity index (χ1) is 7.44. The number of hydrogen-bond acceptors (Lipinski definition) is 3. The van der Waals surface area contributed by atoms with E-state index in [1.54, 1.807) is 0 Å². The third-order valence-corrected chi connectivity index (χ3v) is 3.65. The summed E-state index contributed by atoms with van der Waals surface area (Å²) in [5, 5.41) is 0. The number of carbonyl (C=O) groups excluding carboxylic acids is 1. The van der Waals surface area contributed by atoms with E-state index in [0.717, 1.165) is 45.4 Å². The van der Waals surface area contributed by atoms with Gasteiger partial charge in [0.2, 0.25) is 5.91 Å². The average Bonchev–Trinajstić information content (AvgIpc) is 2.27. The summed E-state index contributed by atoms with van der Waals surface area (Å²) in [4.78, 5) is 13.4. The van der Waals surface area contributed by atoms with Crippen molar-refractivity contribution < 1.29 is 4.79 Å². The summed E-state index contributed by atoms with van der Waals surface area (Å²) in [6.07, 6.45) is 2.95. The second kappa shape index (κ2) is 5.64. The second-order valence-electron chi connectivity index (χ2n) is 5.64. The number of piperidine rings is 1. The van der Waals surface area contributed by atoms with Gasteiger partial charge >= 0.3 is 0 Å². The summed E-state index contributed by atoms with van der Waals surface area (Å²) in [7, 11) is 0. The number of nitrogens with two attached hydrogens (primary N) is 2. The molecule has 1 rings (SSSR count). The van der Waals surface area contributed by atoms with E-state index in [1.807, 2.05) is 0 Å². The Bertz CT molecular complexity index is 232. The van der Waals surface area contributed by atoms with Crippen molar-refractivity contribution in [3.63, 3.8) is 0 Å². The summed E-state index contributed by atoms with van der Waals surface area (Å²) in [5.74, 6) is -0.0410. The van der Waals surface area contributed by atoms with E-state index in [0.29, 0.717) is 0 Å². The number of likely N-dealkylation sites (tertiary alicyclic amines) is 1. The lowest BCUT2D eigenvalue weighted by atomic mass is 9.88. The number of carbonyl (C=O) groups is 1. The molecule has 0 radical (unpaired) electrons. The molecular weight excluding hydrogens is 202 g/mol. The van der Waals surface area contributed by atoms with Gasteiger partial charge in [0.1, 0.15) is 0 Å². The van der Waals surface area contributed by atoms with E-state index >= 15 is 0 Å². The van der Waals surface area contributed by atoms with Crippen LogP contribution in [0.15, 0.2) is 0 Å². The maximum absolute atomic E-state index is 11.0. The smallest absolute Gasteiger partial charge is 0.220 e. The van der Waals surface area contributed by atoms with Crippen molar-refractivity contribution in [1.29, 1.82) is 0 Å². The Labute approximate surface area is 98.3 Å². The van der Waals surface area contributed by atoms with Crippen molar-refractivity contribution >= 4 is 5.91 Å². The van der Waals surface area contributed by atoms with Crippen molar-refractivity contribution in [3.8, 4) is 0 Å². The predicted molar refractivity (Wildman–Crippen MR) is 65.8 cm³/mol. The fraction of sp³-hybridized carbons (Fsp3) is 0.917. The van der Waals surface area contributed by atoms with Gasteiger partial charge in [0.25, 0.3) is 0 Å². The van der Waals surface area contributed by atoms with E-state index < -0.39 is 0 Å². The van der Waals surface area contributed by atoms with Gasteiger partial charge < -0.3 is 16.4 Å². The zero-order valence-electron chi connectivity index (χ0n) is 10.5. The van der Waals surface area contributed by atoms with Crippen molar-refractivity contribution in [2.75, 3.05) is 26.2 Å². The molecule has 1 heterocycles. The molecule has 1 fully saturated rings. The zero-order chi connectivity index (χ0) is 12.2. The molecule has 1 amide bonds. The minimum atomic E-state index is -0.137. The van der Waals surface area contributed by atoms with E-state index in [1.165, 1.54) is 0 Å². The first-order valence-corrected chi connectivity index (χ1v) is 6.16. The Balaban J connectivity index is 2.25. The lowest BCUT2D eigenvalue weighted by molar-refractivity contribution is -0.123. The molecule has 0 bridgehead atoms. The third kappa shape index (κ3) is 4.10. The van der Waals surface area contributed by atoms with E-state index in [9.17, 15) is 4.79 Å². The van der Waals surface area contributed by atoms with Crippen LogP contribution >= 0.6 is 0 Å². The zero-order valence-corrected chi connectivity index (χ0v) is 10.5. The molecule has 4 N–H and O–H groups in total. The molecule has 0 aromatic rings. The molecule has 0 atom stereocenters. The van der Waals surface area contributed by atoms with Gasteiger partial charge in [-0.15, -0.1) is 0 Å². The molecule has 0 spiro atoms. The first kappa shape index (κ1) is 13.5.